The minimum absolute atomic E-state index is 0.286. The molecule has 1 N–H and O–H groups in total. The van der Waals surface area contributed by atoms with Crippen LogP contribution in [0, 0.1) is 5.92 Å². The van der Waals surface area contributed by atoms with Crippen molar-refractivity contribution in [3.05, 3.63) is 0 Å². The summed E-state index contributed by atoms with van der Waals surface area (Å²) in [5.41, 5.74) is 0.286. The van der Waals surface area contributed by atoms with Crippen LogP contribution in [0.5, 0.6) is 0 Å². The van der Waals surface area contributed by atoms with Gasteiger partial charge in [0.15, 0.2) is 0 Å². The second-order valence-corrected chi connectivity index (χ2v) is 6.44. The number of nitrogens with one attached hydrogen (secondary N) is 1. The minimum Gasteiger partial charge on any atom is -0.312 e. The van der Waals surface area contributed by atoms with Crippen LogP contribution in [-0.4, -0.2) is 37.1 Å². The van der Waals surface area contributed by atoms with Gasteiger partial charge >= 0.3 is 0 Å². The van der Waals surface area contributed by atoms with E-state index in [1.165, 1.54) is 44.9 Å². The van der Waals surface area contributed by atoms with Gasteiger partial charge in [-0.1, -0.05) is 39.5 Å². The number of hydrogen-bond donors (Lipinski definition) is 1. The summed E-state index contributed by atoms with van der Waals surface area (Å²) >= 11 is 0. The van der Waals surface area contributed by atoms with E-state index in [-0.39, 0.29) is 5.54 Å². The van der Waals surface area contributed by atoms with Crippen LogP contribution in [0.1, 0.15) is 65.7 Å². The molecule has 1 aliphatic rings. The topological polar surface area (TPSA) is 15.3 Å². The van der Waals surface area contributed by atoms with E-state index in [2.05, 4.69) is 45.1 Å². The molecule has 1 rings (SSSR count). The van der Waals surface area contributed by atoms with Crippen molar-refractivity contribution < 1.29 is 0 Å². The van der Waals surface area contributed by atoms with Crippen LogP contribution in [0.3, 0.4) is 0 Å². The van der Waals surface area contributed by atoms with Gasteiger partial charge in [0.05, 0.1) is 0 Å². The van der Waals surface area contributed by atoms with Gasteiger partial charge in [-0.2, -0.15) is 0 Å². The van der Waals surface area contributed by atoms with Crippen molar-refractivity contribution in [1.82, 2.24) is 10.2 Å². The standard InChI is InChI=1S/C16H34N2/c1-6-16(3,18(4)5)15(17-7-2)13-12-14-10-8-9-11-14/h14-15,17H,6-13H2,1-5H3. The Morgan fingerprint density at radius 3 is 2.28 bits per heavy atom. The molecule has 1 saturated carbocycles. The van der Waals surface area contributed by atoms with E-state index >= 15 is 0 Å². The number of rotatable bonds is 8. The summed E-state index contributed by atoms with van der Waals surface area (Å²) in [5, 5.41) is 3.74. The molecule has 2 heteroatoms. The lowest BCUT2D eigenvalue weighted by molar-refractivity contribution is 0.105. The molecule has 0 saturated heterocycles. The third-order valence-electron chi connectivity index (χ3n) is 5.28. The Morgan fingerprint density at radius 1 is 1.22 bits per heavy atom. The fourth-order valence-electron chi connectivity index (χ4n) is 3.45. The van der Waals surface area contributed by atoms with Crippen molar-refractivity contribution in [2.45, 2.75) is 77.3 Å². The Hall–Kier alpha value is -0.0800. The van der Waals surface area contributed by atoms with Gasteiger partial charge in [-0.3, -0.25) is 0 Å². The first-order valence-corrected chi connectivity index (χ1v) is 7.95. The van der Waals surface area contributed by atoms with Gasteiger partial charge in [0.2, 0.25) is 0 Å². The summed E-state index contributed by atoms with van der Waals surface area (Å²) in [7, 11) is 4.45. The summed E-state index contributed by atoms with van der Waals surface area (Å²) < 4.78 is 0. The summed E-state index contributed by atoms with van der Waals surface area (Å²) in [6, 6.07) is 0.628. The normalized spacial score (nSPS) is 22.3. The van der Waals surface area contributed by atoms with Crippen LogP contribution >= 0.6 is 0 Å². The second kappa shape index (κ2) is 7.49. The Labute approximate surface area is 115 Å². The summed E-state index contributed by atoms with van der Waals surface area (Å²) in [6.45, 7) is 8.04. The van der Waals surface area contributed by atoms with E-state index < -0.39 is 0 Å². The molecule has 0 aliphatic heterocycles. The second-order valence-electron chi connectivity index (χ2n) is 6.44. The molecular weight excluding hydrogens is 220 g/mol. The van der Waals surface area contributed by atoms with Gasteiger partial charge in [-0.05, 0) is 52.7 Å². The highest BCUT2D eigenvalue weighted by Crippen LogP contribution is 2.31. The molecule has 108 valence electrons. The summed E-state index contributed by atoms with van der Waals surface area (Å²) in [4.78, 5) is 2.41. The minimum atomic E-state index is 0.286. The molecule has 0 aromatic carbocycles. The number of nitrogens with zero attached hydrogens (tertiary/aromatic N) is 1. The predicted molar refractivity (Wildman–Crippen MR) is 81.0 cm³/mol. The monoisotopic (exact) mass is 254 g/mol. The Morgan fingerprint density at radius 2 is 1.83 bits per heavy atom. The van der Waals surface area contributed by atoms with Crippen molar-refractivity contribution in [3.63, 3.8) is 0 Å². The molecule has 1 aliphatic carbocycles. The van der Waals surface area contributed by atoms with Crippen LogP contribution in [0.25, 0.3) is 0 Å². The van der Waals surface area contributed by atoms with E-state index in [4.69, 9.17) is 0 Å². The zero-order valence-corrected chi connectivity index (χ0v) is 13.3. The third kappa shape index (κ3) is 3.96. The summed E-state index contributed by atoms with van der Waals surface area (Å²) in [5.74, 6) is 1.01. The molecule has 0 spiro atoms. The molecule has 2 unspecified atom stereocenters. The SMILES string of the molecule is CCNC(CCC1CCCC1)C(C)(CC)N(C)C. The van der Waals surface area contributed by atoms with E-state index in [1.54, 1.807) is 0 Å². The highest BCUT2D eigenvalue weighted by Gasteiger charge is 2.34. The maximum atomic E-state index is 3.74. The highest BCUT2D eigenvalue weighted by atomic mass is 15.2. The van der Waals surface area contributed by atoms with Crippen LogP contribution in [0.15, 0.2) is 0 Å². The molecule has 1 fully saturated rings. The molecule has 2 atom stereocenters. The van der Waals surface area contributed by atoms with Gasteiger partial charge in [0.25, 0.3) is 0 Å². The summed E-state index contributed by atoms with van der Waals surface area (Å²) in [6.07, 6.45) is 9.85. The van der Waals surface area contributed by atoms with E-state index in [9.17, 15) is 0 Å². The van der Waals surface area contributed by atoms with E-state index in [1.807, 2.05) is 0 Å². The number of likely N-dealkylation sites (N-methyl/N-ethyl adjacent to an activating group) is 2. The van der Waals surface area contributed by atoms with Crippen molar-refractivity contribution in [2.75, 3.05) is 20.6 Å². The first kappa shape index (κ1) is 16.0. The zero-order chi connectivity index (χ0) is 13.6. The molecule has 0 aromatic rings. The van der Waals surface area contributed by atoms with E-state index in [0.717, 1.165) is 12.5 Å². The molecule has 0 heterocycles. The zero-order valence-electron chi connectivity index (χ0n) is 13.3. The third-order valence-corrected chi connectivity index (χ3v) is 5.28. The molecule has 0 bridgehead atoms. The van der Waals surface area contributed by atoms with Crippen molar-refractivity contribution in [2.24, 2.45) is 5.92 Å². The molecular formula is C16H34N2. The first-order valence-electron chi connectivity index (χ1n) is 7.95. The highest BCUT2D eigenvalue weighted by molar-refractivity contribution is 4.94. The molecule has 0 amide bonds. The molecule has 0 radical (unpaired) electrons. The first-order chi connectivity index (χ1) is 8.54. The van der Waals surface area contributed by atoms with Crippen molar-refractivity contribution >= 4 is 0 Å². The predicted octanol–water partition coefficient (Wildman–Crippen LogP) is 3.67. The molecule has 2 nitrogen and oxygen atoms in total. The van der Waals surface area contributed by atoms with Gasteiger partial charge in [-0.25, -0.2) is 0 Å². The van der Waals surface area contributed by atoms with Crippen molar-refractivity contribution in [1.29, 1.82) is 0 Å². The maximum absolute atomic E-state index is 3.74. The largest absolute Gasteiger partial charge is 0.312 e. The van der Waals surface area contributed by atoms with Crippen molar-refractivity contribution in [3.8, 4) is 0 Å². The van der Waals surface area contributed by atoms with Crippen LogP contribution < -0.4 is 5.32 Å². The average Bonchev–Trinajstić information content (AvgIpc) is 2.86. The van der Waals surface area contributed by atoms with Gasteiger partial charge < -0.3 is 10.2 Å². The fraction of sp³-hybridized carbons (Fsp3) is 1.00. The lowest BCUT2D eigenvalue weighted by atomic mass is 9.83. The Bertz CT molecular complexity index is 221. The van der Waals surface area contributed by atoms with Gasteiger partial charge in [0.1, 0.15) is 0 Å². The lowest BCUT2D eigenvalue weighted by Crippen LogP contribution is -2.56. The fourth-order valence-corrected chi connectivity index (χ4v) is 3.45. The average molecular weight is 254 g/mol. The smallest absolute Gasteiger partial charge is 0.0325 e. The lowest BCUT2D eigenvalue weighted by Gasteiger charge is -2.43. The van der Waals surface area contributed by atoms with Gasteiger partial charge in [-0.15, -0.1) is 0 Å². The molecule has 18 heavy (non-hydrogen) atoms. The quantitative estimate of drug-likeness (QED) is 0.711. The molecule has 0 aromatic heterocycles. The van der Waals surface area contributed by atoms with Crippen LogP contribution in [-0.2, 0) is 0 Å². The Kier molecular flexibility index (Phi) is 6.65. The Balaban J connectivity index is 2.56. The maximum Gasteiger partial charge on any atom is 0.0325 e. The van der Waals surface area contributed by atoms with Crippen LogP contribution in [0.2, 0.25) is 0 Å². The van der Waals surface area contributed by atoms with Crippen LogP contribution in [0.4, 0.5) is 0 Å². The van der Waals surface area contributed by atoms with E-state index in [0.29, 0.717) is 6.04 Å². The number of hydrogen-bond acceptors (Lipinski definition) is 2. The van der Waals surface area contributed by atoms with Gasteiger partial charge in [0, 0.05) is 11.6 Å².